The Morgan fingerprint density at radius 2 is 1.60 bits per heavy atom. The van der Waals surface area contributed by atoms with E-state index in [2.05, 4.69) is 5.32 Å². The smallest absolute Gasteiger partial charge is 0.264 e. The number of sulfonamides is 1. The number of nitrogens with zero attached hydrogens (tertiary/aromatic N) is 2. The fraction of sp³-hybridized carbons (Fsp3) is 0.394. The average molecular weight is 626 g/mol. The lowest BCUT2D eigenvalue weighted by Gasteiger charge is -2.33. The Hall–Kier alpha value is -3.50. The van der Waals surface area contributed by atoms with Gasteiger partial charge in [0.25, 0.3) is 10.0 Å². The number of thioether (sulfide) groups is 1. The van der Waals surface area contributed by atoms with Crippen LogP contribution < -0.4 is 14.4 Å². The number of ether oxygens (including phenoxy) is 1. The zero-order valence-electron chi connectivity index (χ0n) is 25.9. The SMILES string of the molecule is CCOc1ccccc1N(CC(=O)N(Cc1ccc(C)cc1)C(CC)C(=O)NCC(C)C)S(=O)(=O)c1ccc(SC)cc1. The lowest BCUT2D eigenvalue weighted by atomic mass is 10.1. The fourth-order valence-corrected chi connectivity index (χ4v) is 6.39. The van der Waals surface area contributed by atoms with E-state index in [9.17, 15) is 18.0 Å². The fourth-order valence-electron chi connectivity index (χ4n) is 4.56. The van der Waals surface area contributed by atoms with Gasteiger partial charge in [-0.1, -0.05) is 62.7 Å². The molecule has 0 saturated heterocycles. The molecular weight excluding hydrogens is 583 g/mol. The summed E-state index contributed by atoms with van der Waals surface area (Å²) in [5.74, 6) is -0.194. The lowest BCUT2D eigenvalue weighted by molar-refractivity contribution is -0.140. The van der Waals surface area contributed by atoms with E-state index in [1.54, 1.807) is 48.5 Å². The van der Waals surface area contributed by atoms with Gasteiger partial charge in [-0.3, -0.25) is 13.9 Å². The Morgan fingerprint density at radius 3 is 2.19 bits per heavy atom. The van der Waals surface area contributed by atoms with Crippen LogP contribution in [0.2, 0.25) is 0 Å². The van der Waals surface area contributed by atoms with Crippen LogP contribution in [0, 0.1) is 12.8 Å². The van der Waals surface area contributed by atoms with Crippen molar-refractivity contribution in [3.05, 3.63) is 83.9 Å². The van der Waals surface area contributed by atoms with Crippen molar-refractivity contribution >= 4 is 39.3 Å². The lowest BCUT2D eigenvalue weighted by Crippen LogP contribution is -2.52. The summed E-state index contributed by atoms with van der Waals surface area (Å²) in [5, 5.41) is 2.95. The molecule has 0 aliphatic carbocycles. The summed E-state index contributed by atoms with van der Waals surface area (Å²) in [7, 11) is -4.21. The summed E-state index contributed by atoms with van der Waals surface area (Å²) >= 11 is 1.51. The van der Waals surface area contributed by atoms with Crippen molar-refractivity contribution in [2.75, 3.05) is 30.3 Å². The molecule has 3 rings (SSSR count). The molecule has 232 valence electrons. The van der Waals surface area contributed by atoms with Crippen LogP contribution in [0.5, 0.6) is 5.75 Å². The quantitative estimate of drug-likeness (QED) is 0.212. The van der Waals surface area contributed by atoms with Crippen LogP contribution in [-0.2, 0) is 26.2 Å². The van der Waals surface area contributed by atoms with Gasteiger partial charge < -0.3 is 15.0 Å². The number of hydrogen-bond donors (Lipinski definition) is 1. The van der Waals surface area contributed by atoms with Crippen molar-refractivity contribution in [3.8, 4) is 5.75 Å². The molecule has 0 spiro atoms. The number of amides is 2. The first-order chi connectivity index (χ1) is 20.5. The Kier molecular flexibility index (Phi) is 12.5. The number of nitrogens with one attached hydrogen (secondary N) is 1. The van der Waals surface area contributed by atoms with Gasteiger partial charge in [0, 0.05) is 18.0 Å². The molecule has 3 aromatic rings. The normalized spacial score (nSPS) is 12.1. The summed E-state index contributed by atoms with van der Waals surface area (Å²) in [6, 6.07) is 20.3. The van der Waals surface area contributed by atoms with Gasteiger partial charge in [0.05, 0.1) is 17.2 Å². The van der Waals surface area contributed by atoms with Crippen molar-refractivity contribution in [1.29, 1.82) is 0 Å². The van der Waals surface area contributed by atoms with Gasteiger partial charge in [-0.2, -0.15) is 0 Å². The highest BCUT2D eigenvalue weighted by Crippen LogP contribution is 2.33. The summed E-state index contributed by atoms with van der Waals surface area (Å²) in [4.78, 5) is 30.1. The number of rotatable bonds is 15. The van der Waals surface area contributed by atoms with E-state index >= 15 is 0 Å². The third-order valence-electron chi connectivity index (χ3n) is 6.90. The summed E-state index contributed by atoms with van der Waals surface area (Å²) in [6.07, 6.45) is 2.27. The zero-order valence-corrected chi connectivity index (χ0v) is 27.5. The van der Waals surface area contributed by atoms with E-state index in [1.165, 1.54) is 16.7 Å². The van der Waals surface area contributed by atoms with E-state index < -0.39 is 28.5 Å². The summed E-state index contributed by atoms with van der Waals surface area (Å²) in [6.45, 7) is 10.1. The maximum atomic E-state index is 14.3. The van der Waals surface area contributed by atoms with Crippen molar-refractivity contribution in [2.24, 2.45) is 5.92 Å². The maximum absolute atomic E-state index is 14.3. The highest BCUT2D eigenvalue weighted by atomic mass is 32.2. The number of carbonyl (C=O) groups is 2. The number of hydrogen-bond acceptors (Lipinski definition) is 6. The van der Waals surface area contributed by atoms with Crippen LogP contribution in [0.1, 0.15) is 45.2 Å². The van der Waals surface area contributed by atoms with E-state index in [-0.39, 0.29) is 29.0 Å². The first kappa shape index (κ1) is 34.0. The molecule has 3 aromatic carbocycles. The number of anilines is 1. The van der Waals surface area contributed by atoms with Crippen molar-refractivity contribution in [2.45, 2.75) is 63.4 Å². The maximum Gasteiger partial charge on any atom is 0.264 e. The van der Waals surface area contributed by atoms with Gasteiger partial charge in [0.2, 0.25) is 11.8 Å². The first-order valence-corrected chi connectivity index (χ1v) is 17.2. The Morgan fingerprint density at radius 1 is 0.953 bits per heavy atom. The van der Waals surface area contributed by atoms with Crippen LogP contribution in [-0.4, -0.2) is 57.1 Å². The molecule has 0 fully saturated rings. The van der Waals surface area contributed by atoms with Gasteiger partial charge in [-0.15, -0.1) is 11.8 Å². The van der Waals surface area contributed by atoms with E-state index in [4.69, 9.17) is 4.74 Å². The minimum absolute atomic E-state index is 0.0520. The van der Waals surface area contributed by atoms with Crippen LogP contribution >= 0.6 is 11.8 Å². The monoisotopic (exact) mass is 625 g/mol. The average Bonchev–Trinajstić information content (AvgIpc) is 3.00. The molecule has 1 N–H and O–H groups in total. The topological polar surface area (TPSA) is 96.0 Å². The predicted octanol–water partition coefficient (Wildman–Crippen LogP) is 5.89. The summed E-state index contributed by atoms with van der Waals surface area (Å²) in [5.41, 5.74) is 2.16. The molecule has 0 radical (unpaired) electrons. The van der Waals surface area contributed by atoms with Crippen molar-refractivity contribution in [3.63, 3.8) is 0 Å². The van der Waals surface area contributed by atoms with E-state index in [0.717, 1.165) is 20.3 Å². The molecule has 0 heterocycles. The molecule has 1 atom stereocenters. The minimum Gasteiger partial charge on any atom is -0.492 e. The zero-order chi connectivity index (χ0) is 31.6. The second kappa shape index (κ2) is 15.8. The Bertz CT molecular complexity index is 1460. The van der Waals surface area contributed by atoms with Crippen LogP contribution in [0.15, 0.2) is 82.6 Å². The summed E-state index contributed by atoms with van der Waals surface area (Å²) < 4.78 is 35.3. The molecule has 0 bridgehead atoms. The van der Waals surface area contributed by atoms with Gasteiger partial charge in [-0.05, 0) is 74.4 Å². The number of carbonyl (C=O) groups excluding carboxylic acids is 2. The molecular formula is C33H43N3O5S2. The second-order valence-electron chi connectivity index (χ2n) is 10.7. The number of para-hydroxylation sites is 2. The molecule has 8 nitrogen and oxygen atoms in total. The van der Waals surface area contributed by atoms with Gasteiger partial charge in [-0.25, -0.2) is 8.42 Å². The Balaban J connectivity index is 2.09. The van der Waals surface area contributed by atoms with Gasteiger partial charge in [0.15, 0.2) is 0 Å². The standard InChI is InChI=1S/C33H43N3O5S2/c1-7-29(33(38)34-21-24(3)4)35(22-26-15-13-25(5)14-16-26)32(37)23-36(30-11-9-10-12-31(30)41-8-2)43(39,40)28-19-17-27(42-6)18-20-28/h9-20,24,29H,7-8,21-23H2,1-6H3,(H,34,38). The van der Waals surface area contributed by atoms with Crippen LogP contribution in [0.25, 0.3) is 0 Å². The van der Waals surface area contributed by atoms with Crippen LogP contribution in [0.4, 0.5) is 5.69 Å². The van der Waals surface area contributed by atoms with Crippen molar-refractivity contribution < 1.29 is 22.7 Å². The first-order valence-electron chi connectivity index (χ1n) is 14.5. The minimum atomic E-state index is -4.21. The largest absolute Gasteiger partial charge is 0.492 e. The highest BCUT2D eigenvalue weighted by Gasteiger charge is 2.34. The molecule has 0 saturated carbocycles. The van der Waals surface area contributed by atoms with Crippen molar-refractivity contribution in [1.82, 2.24) is 10.2 Å². The number of aryl methyl sites for hydroxylation is 1. The molecule has 43 heavy (non-hydrogen) atoms. The molecule has 10 heteroatoms. The molecule has 0 aliphatic heterocycles. The Labute approximate surface area is 260 Å². The molecule has 0 aromatic heterocycles. The third-order valence-corrected chi connectivity index (χ3v) is 9.42. The highest BCUT2D eigenvalue weighted by molar-refractivity contribution is 7.98. The van der Waals surface area contributed by atoms with Gasteiger partial charge >= 0.3 is 0 Å². The van der Waals surface area contributed by atoms with E-state index in [0.29, 0.717) is 25.3 Å². The molecule has 2 amide bonds. The van der Waals surface area contributed by atoms with E-state index in [1.807, 2.05) is 65.1 Å². The molecule has 1 unspecified atom stereocenters. The van der Waals surface area contributed by atoms with Gasteiger partial charge in [0.1, 0.15) is 18.3 Å². The molecule has 0 aliphatic rings. The third kappa shape index (κ3) is 9.00. The number of benzene rings is 3. The van der Waals surface area contributed by atoms with Crippen LogP contribution in [0.3, 0.4) is 0 Å². The second-order valence-corrected chi connectivity index (χ2v) is 13.4. The predicted molar refractivity (Wildman–Crippen MR) is 174 cm³/mol.